The van der Waals surface area contributed by atoms with Gasteiger partial charge in [-0.15, -0.1) is 0 Å². The lowest BCUT2D eigenvalue weighted by molar-refractivity contribution is -0.249. The van der Waals surface area contributed by atoms with Crippen LogP contribution in [0.3, 0.4) is 0 Å². The Morgan fingerprint density at radius 1 is 1.06 bits per heavy atom. The zero-order chi connectivity index (χ0) is 35.9. The van der Waals surface area contributed by atoms with E-state index in [9.17, 15) is 44.7 Å². The summed E-state index contributed by atoms with van der Waals surface area (Å²) in [5.41, 5.74) is -3.93. The number of carbonyl (C=O) groups excluding carboxylic acids is 4. The Morgan fingerprint density at radius 3 is 2.56 bits per heavy atom. The number of benzene rings is 2. The minimum absolute atomic E-state index is 0.0737. The van der Waals surface area contributed by atoms with Gasteiger partial charge in [-0.05, 0) is 44.7 Å². The summed E-state index contributed by atoms with van der Waals surface area (Å²) in [6.45, 7) is 0.487. The summed E-state index contributed by atoms with van der Waals surface area (Å²) in [7, 11) is 1.31. The Labute approximate surface area is 287 Å². The van der Waals surface area contributed by atoms with E-state index in [-0.39, 0.29) is 34.4 Å². The minimum Gasteiger partial charge on any atom is -0.507 e. The number of carbonyl (C=O) groups is 4. The molecule has 7 atom stereocenters. The molecule has 0 aromatic heterocycles. The third-order valence-electron chi connectivity index (χ3n) is 10.0. The molecule has 0 bridgehead atoms. The van der Waals surface area contributed by atoms with Crippen LogP contribution in [0.25, 0.3) is 0 Å². The second kappa shape index (κ2) is 14.1. The van der Waals surface area contributed by atoms with Crippen molar-refractivity contribution in [2.24, 2.45) is 0 Å². The average Bonchev–Trinajstić information content (AvgIpc) is 3.07. The molecule has 6 rings (SSSR count). The van der Waals surface area contributed by atoms with E-state index in [2.05, 4.69) is 5.32 Å². The predicted molar refractivity (Wildman–Crippen MR) is 173 cm³/mol. The number of aliphatic hydroxyl groups is 3. The van der Waals surface area contributed by atoms with Crippen LogP contribution in [0.4, 0.5) is 4.79 Å². The molecule has 7 unspecified atom stereocenters. The van der Waals surface area contributed by atoms with Crippen LogP contribution in [0.5, 0.6) is 17.2 Å². The molecule has 1 amide bonds. The maximum Gasteiger partial charge on any atom is 0.408 e. The standard InChI is InChI=1S/C36H41NO13/c1-17-30(40)21(37-35(45)49-18-9-6-4-3-5-7-10-18)13-25(48-17)50-23-15-36(46,24(39)16-38)14-20-27(23)34(44)29-28(32(20)42)31(41)19-11-8-12-22(47-2)26(19)33(29)43/h6,8-9,11-12,17-18,21,23,25,30,38,40,42,44,46H,3-5,7,10,13-16H2,1-2H3,(H,37,45). The number of nitrogens with one attached hydrogen (secondary N) is 1. The SMILES string of the molecule is COc1cccc2c1C(=O)c1c(O)c3c(c(O)c1C2=O)CC(O)(C(=O)CO)CC3OC1CC(NC(=O)OC2C=CCCCCC2)C(O)C(C)O1. The van der Waals surface area contributed by atoms with Gasteiger partial charge in [0.05, 0.1) is 42.0 Å². The van der Waals surface area contributed by atoms with E-state index in [1.807, 2.05) is 12.2 Å². The fourth-order valence-electron chi connectivity index (χ4n) is 7.41. The van der Waals surface area contributed by atoms with Gasteiger partial charge in [-0.25, -0.2) is 4.79 Å². The van der Waals surface area contributed by atoms with Gasteiger partial charge in [-0.3, -0.25) is 14.4 Å². The van der Waals surface area contributed by atoms with Crippen molar-refractivity contribution in [1.82, 2.24) is 5.32 Å². The molecule has 14 heteroatoms. The van der Waals surface area contributed by atoms with Gasteiger partial charge < -0.3 is 49.8 Å². The van der Waals surface area contributed by atoms with Crippen molar-refractivity contribution in [3.8, 4) is 17.2 Å². The number of fused-ring (bicyclic) bond motifs is 3. The number of ether oxygens (including phenoxy) is 4. The van der Waals surface area contributed by atoms with Crippen LogP contribution < -0.4 is 10.1 Å². The molecule has 0 saturated carbocycles. The lowest BCUT2D eigenvalue weighted by Gasteiger charge is -2.42. The smallest absolute Gasteiger partial charge is 0.408 e. The second-order valence-electron chi connectivity index (χ2n) is 13.3. The number of amides is 1. The number of rotatable bonds is 7. The van der Waals surface area contributed by atoms with Crippen LogP contribution in [-0.2, 0) is 25.4 Å². The molecule has 2 aromatic carbocycles. The van der Waals surface area contributed by atoms with Crippen LogP contribution in [0.15, 0.2) is 30.4 Å². The highest BCUT2D eigenvalue weighted by Gasteiger charge is 2.50. The summed E-state index contributed by atoms with van der Waals surface area (Å²) in [5.74, 6) is -3.98. The molecule has 50 heavy (non-hydrogen) atoms. The highest BCUT2D eigenvalue weighted by molar-refractivity contribution is 6.31. The summed E-state index contributed by atoms with van der Waals surface area (Å²) in [5, 5.41) is 58.1. The molecule has 4 aliphatic rings. The molecule has 2 aromatic rings. The molecular formula is C36H41NO13. The Kier molecular flexibility index (Phi) is 10.0. The minimum atomic E-state index is -2.32. The molecule has 6 N–H and O–H groups in total. The first-order valence-corrected chi connectivity index (χ1v) is 16.7. The van der Waals surface area contributed by atoms with Crippen LogP contribution in [0.1, 0.15) is 101 Å². The van der Waals surface area contributed by atoms with Crippen molar-refractivity contribution in [3.05, 3.63) is 63.7 Å². The van der Waals surface area contributed by atoms with Gasteiger partial charge in [0.1, 0.15) is 41.7 Å². The molecule has 268 valence electrons. The van der Waals surface area contributed by atoms with Gasteiger partial charge in [-0.1, -0.05) is 24.6 Å². The lowest BCUT2D eigenvalue weighted by Crippen LogP contribution is -2.56. The topological polar surface area (TPSA) is 218 Å². The molecular weight excluding hydrogens is 654 g/mol. The average molecular weight is 696 g/mol. The number of hydrogen-bond donors (Lipinski definition) is 6. The third-order valence-corrected chi connectivity index (χ3v) is 10.0. The number of alkyl carbamates (subject to hydrolysis) is 1. The third kappa shape index (κ3) is 6.37. The van der Waals surface area contributed by atoms with E-state index in [0.29, 0.717) is 6.42 Å². The molecule has 14 nitrogen and oxygen atoms in total. The van der Waals surface area contributed by atoms with Crippen molar-refractivity contribution < 1.29 is 63.7 Å². The lowest BCUT2D eigenvalue weighted by atomic mass is 9.72. The summed E-state index contributed by atoms with van der Waals surface area (Å²) < 4.78 is 23.0. The number of phenols is 2. The first-order chi connectivity index (χ1) is 23.9. The zero-order valence-electron chi connectivity index (χ0n) is 27.7. The van der Waals surface area contributed by atoms with E-state index in [0.717, 1.165) is 25.7 Å². The number of hydrogen-bond acceptors (Lipinski definition) is 13. The Hall–Kier alpha value is -4.34. The molecule has 1 heterocycles. The fourth-order valence-corrected chi connectivity index (χ4v) is 7.41. The number of ketones is 3. The Bertz CT molecular complexity index is 1740. The maximum absolute atomic E-state index is 13.9. The number of methoxy groups -OCH3 is 1. The number of phenolic OH excluding ortho intramolecular Hbond substituents is 2. The normalized spacial score (nSPS) is 29.1. The number of aromatic hydroxyl groups is 2. The van der Waals surface area contributed by atoms with Crippen molar-refractivity contribution in [3.63, 3.8) is 0 Å². The fraction of sp³-hybridized carbons (Fsp3) is 0.500. The van der Waals surface area contributed by atoms with Crippen molar-refractivity contribution in [2.45, 2.75) is 101 Å². The van der Waals surface area contributed by atoms with E-state index < -0.39 is 108 Å². The molecule has 1 fully saturated rings. The van der Waals surface area contributed by atoms with Gasteiger partial charge in [0.2, 0.25) is 5.78 Å². The first-order valence-electron chi connectivity index (χ1n) is 16.7. The second-order valence-corrected chi connectivity index (χ2v) is 13.3. The molecule has 3 aliphatic carbocycles. The molecule has 1 saturated heterocycles. The van der Waals surface area contributed by atoms with Crippen molar-refractivity contribution in [2.75, 3.05) is 13.7 Å². The Balaban J connectivity index is 1.33. The van der Waals surface area contributed by atoms with E-state index in [4.69, 9.17) is 18.9 Å². The zero-order valence-corrected chi connectivity index (χ0v) is 27.7. The number of allylic oxidation sites excluding steroid dienone is 1. The number of Topliss-reactive ketones (excluding diaryl/α,β-unsaturated/α-hetero) is 1. The maximum atomic E-state index is 13.9. The van der Waals surface area contributed by atoms with Crippen LogP contribution in [0.2, 0.25) is 0 Å². The highest BCUT2D eigenvalue weighted by Crippen LogP contribution is 2.52. The summed E-state index contributed by atoms with van der Waals surface area (Å²) in [6, 6.07) is 3.41. The molecule has 0 spiro atoms. The van der Waals surface area contributed by atoms with Crippen LogP contribution in [0, 0.1) is 0 Å². The summed E-state index contributed by atoms with van der Waals surface area (Å²) >= 11 is 0. The van der Waals surface area contributed by atoms with Gasteiger partial charge >= 0.3 is 6.09 Å². The van der Waals surface area contributed by atoms with Gasteiger partial charge in [0.15, 0.2) is 17.9 Å². The largest absolute Gasteiger partial charge is 0.507 e. The quantitative estimate of drug-likeness (QED) is 0.155. The van der Waals surface area contributed by atoms with E-state index in [1.54, 1.807) is 6.92 Å². The summed E-state index contributed by atoms with van der Waals surface area (Å²) in [6.07, 6.45) is 1.13. The molecule has 1 aliphatic heterocycles. The number of aliphatic hydroxyl groups excluding tert-OH is 2. The van der Waals surface area contributed by atoms with Crippen LogP contribution >= 0.6 is 0 Å². The van der Waals surface area contributed by atoms with Crippen LogP contribution in [-0.4, -0.2) is 98.9 Å². The predicted octanol–water partition coefficient (Wildman–Crippen LogP) is 2.66. The summed E-state index contributed by atoms with van der Waals surface area (Å²) in [4.78, 5) is 53.4. The van der Waals surface area contributed by atoms with E-state index >= 15 is 0 Å². The van der Waals surface area contributed by atoms with Crippen molar-refractivity contribution in [1.29, 1.82) is 0 Å². The van der Waals surface area contributed by atoms with Crippen molar-refractivity contribution >= 4 is 23.4 Å². The van der Waals surface area contributed by atoms with Gasteiger partial charge in [-0.2, -0.15) is 0 Å². The molecule has 0 radical (unpaired) electrons. The van der Waals surface area contributed by atoms with E-state index in [1.165, 1.54) is 25.3 Å². The highest BCUT2D eigenvalue weighted by atomic mass is 16.7. The first kappa shape index (κ1) is 35.5. The van der Waals surface area contributed by atoms with Gasteiger partial charge in [0.25, 0.3) is 0 Å². The Morgan fingerprint density at radius 2 is 1.82 bits per heavy atom. The van der Waals surface area contributed by atoms with Gasteiger partial charge in [0, 0.05) is 36.0 Å². The monoisotopic (exact) mass is 695 g/mol.